The van der Waals surface area contributed by atoms with E-state index in [1.807, 2.05) is 0 Å². The molecule has 1 amide bonds. The predicted octanol–water partition coefficient (Wildman–Crippen LogP) is 3.23. The van der Waals surface area contributed by atoms with E-state index in [9.17, 15) is 33.2 Å². The number of alkyl halides is 3. The summed E-state index contributed by atoms with van der Waals surface area (Å²) >= 11 is 2.79. The van der Waals surface area contributed by atoms with Crippen LogP contribution in [0.25, 0.3) is 0 Å². The zero-order valence-corrected chi connectivity index (χ0v) is 14.1. The molecule has 0 fully saturated rings. The molecule has 0 aliphatic rings. The van der Waals surface area contributed by atoms with E-state index in [4.69, 9.17) is 0 Å². The van der Waals surface area contributed by atoms with Crippen molar-refractivity contribution in [1.29, 1.82) is 0 Å². The standard InChI is InChI=1S/C13H10BrF3N4O4/c1-6-11(14)12(13(15,16)17)19-20(6)5-10(23)18-7-2-8(21(24)25)4-9(22)3-7/h2-4,22H,5H2,1H3,(H,18,23). The van der Waals surface area contributed by atoms with Crippen molar-refractivity contribution in [2.75, 3.05) is 5.32 Å². The predicted molar refractivity (Wildman–Crippen MR) is 83.1 cm³/mol. The number of amides is 1. The number of phenolic OH excluding ortho intramolecular Hbond substituents is 1. The molecule has 2 aromatic rings. The molecular weight excluding hydrogens is 413 g/mol. The molecule has 25 heavy (non-hydrogen) atoms. The number of halogens is 4. The number of nitrogens with zero attached hydrogens (tertiary/aromatic N) is 3. The number of nitro groups is 1. The smallest absolute Gasteiger partial charge is 0.436 e. The summed E-state index contributed by atoms with van der Waals surface area (Å²) in [5.74, 6) is -1.21. The van der Waals surface area contributed by atoms with Gasteiger partial charge in [0, 0.05) is 12.1 Å². The first-order valence-corrected chi connectivity index (χ1v) is 7.36. The lowest BCUT2D eigenvalue weighted by atomic mass is 10.2. The molecule has 12 heteroatoms. The van der Waals surface area contributed by atoms with E-state index in [-0.39, 0.29) is 15.9 Å². The van der Waals surface area contributed by atoms with E-state index >= 15 is 0 Å². The maximum atomic E-state index is 12.8. The van der Waals surface area contributed by atoms with Crippen LogP contribution >= 0.6 is 15.9 Å². The van der Waals surface area contributed by atoms with Gasteiger partial charge in [-0.2, -0.15) is 18.3 Å². The largest absolute Gasteiger partial charge is 0.508 e. The fourth-order valence-corrected chi connectivity index (χ4v) is 2.48. The van der Waals surface area contributed by atoms with Gasteiger partial charge in [-0.25, -0.2) is 0 Å². The third-order valence-corrected chi connectivity index (χ3v) is 4.04. The zero-order chi connectivity index (χ0) is 18.9. The third-order valence-electron chi connectivity index (χ3n) is 3.09. The summed E-state index contributed by atoms with van der Waals surface area (Å²) < 4.78 is 38.9. The van der Waals surface area contributed by atoms with Crippen molar-refractivity contribution in [2.45, 2.75) is 19.6 Å². The molecule has 0 radical (unpaired) electrons. The van der Waals surface area contributed by atoms with E-state index in [2.05, 4.69) is 26.3 Å². The SMILES string of the molecule is Cc1c(Br)c(C(F)(F)F)nn1CC(=O)Nc1cc(O)cc([N+](=O)[O-])c1. The Morgan fingerprint density at radius 1 is 1.44 bits per heavy atom. The minimum Gasteiger partial charge on any atom is -0.508 e. The van der Waals surface area contributed by atoms with Crippen molar-refractivity contribution in [1.82, 2.24) is 9.78 Å². The van der Waals surface area contributed by atoms with Crippen molar-refractivity contribution >= 4 is 33.2 Å². The molecule has 0 aliphatic heterocycles. The molecule has 1 aromatic heterocycles. The van der Waals surface area contributed by atoms with Gasteiger partial charge in [-0.15, -0.1) is 0 Å². The second-order valence-corrected chi connectivity index (χ2v) is 5.74. The molecular formula is C13H10BrF3N4O4. The number of aromatic nitrogens is 2. The van der Waals surface area contributed by atoms with Crippen LogP contribution in [0.2, 0.25) is 0 Å². The molecule has 1 aromatic carbocycles. The number of nitrogens with one attached hydrogen (secondary N) is 1. The number of benzene rings is 1. The minimum absolute atomic E-state index is 0.0726. The van der Waals surface area contributed by atoms with E-state index in [1.54, 1.807) is 0 Å². The van der Waals surface area contributed by atoms with E-state index in [1.165, 1.54) is 6.92 Å². The molecule has 8 nitrogen and oxygen atoms in total. The van der Waals surface area contributed by atoms with E-state index < -0.39 is 40.7 Å². The fourth-order valence-electron chi connectivity index (χ4n) is 1.97. The average Bonchev–Trinajstić information content (AvgIpc) is 2.74. The Balaban J connectivity index is 2.20. The van der Waals surface area contributed by atoms with Gasteiger partial charge in [0.25, 0.3) is 5.69 Å². The fraction of sp³-hybridized carbons (Fsp3) is 0.231. The Morgan fingerprint density at radius 2 is 2.08 bits per heavy atom. The molecule has 134 valence electrons. The first-order valence-electron chi connectivity index (χ1n) is 6.57. The third kappa shape index (κ3) is 4.26. The molecule has 0 bridgehead atoms. The quantitative estimate of drug-likeness (QED) is 0.580. The van der Waals surface area contributed by atoms with E-state index in [0.29, 0.717) is 0 Å². The second-order valence-electron chi connectivity index (χ2n) is 4.95. The van der Waals surface area contributed by atoms with Gasteiger partial charge in [-0.1, -0.05) is 0 Å². The molecule has 2 rings (SSSR count). The first kappa shape index (κ1) is 18.7. The highest BCUT2D eigenvalue weighted by Crippen LogP contribution is 2.35. The number of aromatic hydroxyl groups is 1. The highest BCUT2D eigenvalue weighted by atomic mass is 79.9. The molecule has 0 spiro atoms. The summed E-state index contributed by atoms with van der Waals surface area (Å²) in [6.07, 6.45) is -4.68. The van der Waals surface area contributed by atoms with Crippen LogP contribution in [0.15, 0.2) is 22.7 Å². The highest BCUT2D eigenvalue weighted by Gasteiger charge is 2.38. The van der Waals surface area contributed by atoms with Crippen LogP contribution in [0.3, 0.4) is 0 Å². The lowest BCUT2D eigenvalue weighted by Crippen LogP contribution is -2.20. The van der Waals surface area contributed by atoms with Crippen molar-refractivity contribution in [3.05, 3.63) is 44.2 Å². The Morgan fingerprint density at radius 3 is 2.60 bits per heavy atom. The van der Waals surface area contributed by atoms with Crippen molar-refractivity contribution < 1.29 is 28.0 Å². The number of hydrogen-bond acceptors (Lipinski definition) is 5. The van der Waals surface area contributed by atoms with Gasteiger partial charge < -0.3 is 10.4 Å². The van der Waals surface area contributed by atoms with Crippen LogP contribution < -0.4 is 5.32 Å². The number of carbonyl (C=O) groups is 1. The number of hydrogen-bond donors (Lipinski definition) is 2. The summed E-state index contributed by atoms with van der Waals surface area (Å²) in [7, 11) is 0. The lowest BCUT2D eigenvalue weighted by molar-refractivity contribution is -0.384. The van der Waals surface area contributed by atoms with Crippen molar-refractivity contribution in [3.8, 4) is 5.75 Å². The molecule has 2 N–H and O–H groups in total. The molecule has 0 atom stereocenters. The maximum Gasteiger partial charge on any atom is 0.436 e. The second kappa shape index (κ2) is 6.70. The Labute approximate surface area is 146 Å². The van der Waals surface area contributed by atoms with Gasteiger partial charge in [0.05, 0.1) is 26.8 Å². The highest BCUT2D eigenvalue weighted by molar-refractivity contribution is 9.10. The van der Waals surface area contributed by atoms with Gasteiger partial charge in [0.15, 0.2) is 5.69 Å². The normalized spacial score (nSPS) is 11.4. The van der Waals surface area contributed by atoms with Crippen LogP contribution in [-0.2, 0) is 17.5 Å². The monoisotopic (exact) mass is 422 g/mol. The summed E-state index contributed by atoms with van der Waals surface area (Å²) in [5, 5.41) is 25.7. The summed E-state index contributed by atoms with van der Waals surface area (Å²) in [6.45, 7) is 0.794. The summed E-state index contributed by atoms with van der Waals surface area (Å²) in [6, 6.07) is 2.96. The number of non-ortho nitro benzene ring substituents is 1. The maximum absolute atomic E-state index is 12.8. The number of phenols is 1. The van der Waals surface area contributed by atoms with Crippen LogP contribution in [0, 0.1) is 17.0 Å². The number of anilines is 1. The van der Waals surface area contributed by atoms with E-state index in [0.717, 1.165) is 22.9 Å². The molecule has 0 saturated heterocycles. The number of nitro benzene ring substituents is 1. The van der Waals surface area contributed by atoms with Crippen LogP contribution in [0.1, 0.15) is 11.4 Å². The Bertz CT molecular complexity index is 851. The number of carbonyl (C=O) groups excluding carboxylic acids is 1. The zero-order valence-electron chi connectivity index (χ0n) is 12.5. The molecule has 0 aliphatic carbocycles. The topological polar surface area (TPSA) is 110 Å². The van der Waals surface area contributed by atoms with Gasteiger partial charge in [0.2, 0.25) is 5.91 Å². The molecule has 1 heterocycles. The summed E-state index contributed by atoms with van der Waals surface area (Å²) in [5.41, 5.74) is -1.60. The van der Waals surface area contributed by atoms with Crippen LogP contribution in [-0.4, -0.2) is 25.7 Å². The Kier molecular flexibility index (Phi) is 5.02. The first-order chi connectivity index (χ1) is 11.5. The van der Waals surface area contributed by atoms with Gasteiger partial charge >= 0.3 is 6.18 Å². The van der Waals surface area contributed by atoms with Crippen molar-refractivity contribution in [2.24, 2.45) is 0 Å². The van der Waals surface area contributed by atoms with Crippen molar-refractivity contribution in [3.63, 3.8) is 0 Å². The summed E-state index contributed by atoms with van der Waals surface area (Å²) in [4.78, 5) is 21.9. The van der Waals surface area contributed by atoms with Crippen LogP contribution in [0.4, 0.5) is 24.5 Å². The minimum atomic E-state index is -4.68. The molecule has 0 unspecified atom stereocenters. The van der Waals surface area contributed by atoms with Gasteiger partial charge in [0.1, 0.15) is 12.3 Å². The average molecular weight is 423 g/mol. The van der Waals surface area contributed by atoms with Crippen LogP contribution in [0.5, 0.6) is 5.75 Å². The van der Waals surface area contributed by atoms with Gasteiger partial charge in [-0.05, 0) is 22.9 Å². The Hall–Kier alpha value is -2.63. The number of rotatable bonds is 4. The van der Waals surface area contributed by atoms with Gasteiger partial charge in [-0.3, -0.25) is 19.6 Å². The lowest BCUT2D eigenvalue weighted by Gasteiger charge is -2.07. The molecule has 0 saturated carbocycles.